The number of nitrogens with zero attached hydrogens (tertiary/aromatic N) is 1. The van der Waals surface area contributed by atoms with Crippen LogP contribution in [-0.4, -0.2) is 15.9 Å². The quantitative estimate of drug-likeness (QED) is 0.613. The SMILES string of the molecule is O=C(c1cc(Br)c(O)c(Br)c1)N1C=COC(C2=C(Cl)C=CCC2)=C1. The van der Waals surface area contributed by atoms with Gasteiger partial charge in [-0.3, -0.25) is 9.69 Å². The minimum absolute atomic E-state index is 0.0474. The highest BCUT2D eigenvalue weighted by Gasteiger charge is 2.21. The van der Waals surface area contributed by atoms with Crippen LogP contribution in [0.25, 0.3) is 0 Å². The monoisotopic (exact) mass is 471 g/mol. The summed E-state index contributed by atoms with van der Waals surface area (Å²) in [5.74, 6) is 0.347. The van der Waals surface area contributed by atoms with Gasteiger partial charge >= 0.3 is 0 Å². The molecular formula is C17H12Br2ClNO3. The number of allylic oxidation sites excluding steroid dienone is 4. The van der Waals surface area contributed by atoms with E-state index in [1.807, 2.05) is 12.2 Å². The van der Waals surface area contributed by atoms with E-state index in [4.69, 9.17) is 16.3 Å². The van der Waals surface area contributed by atoms with Gasteiger partial charge in [0.25, 0.3) is 5.91 Å². The molecule has 1 aromatic rings. The number of ether oxygens (including phenoxy) is 1. The lowest BCUT2D eigenvalue weighted by Gasteiger charge is -2.23. The second-order valence-electron chi connectivity index (χ2n) is 5.16. The van der Waals surface area contributed by atoms with Crippen molar-refractivity contribution < 1.29 is 14.6 Å². The maximum Gasteiger partial charge on any atom is 0.262 e. The van der Waals surface area contributed by atoms with Gasteiger partial charge in [-0.1, -0.05) is 17.7 Å². The predicted octanol–water partition coefficient (Wildman–Crippen LogP) is 5.55. The van der Waals surface area contributed by atoms with Crippen LogP contribution in [0, 0.1) is 0 Å². The number of benzene rings is 1. The molecule has 24 heavy (non-hydrogen) atoms. The largest absolute Gasteiger partial charge is 0.506 e. The Hall–Kier alpha value is -1.50. The van der Waals surface area contributed by atoms with Gasteiger partial charge in [-0.2, -0.15) is 0 Å². The van der Waals surface area contributed by atoms with Gasteiger partial charge in [-0.25, -0.2) is 0 Å². The van der Waals surface area contributed by atoms with Crippen molar-refractivity contribution in [2.45, 2.75) is 12.8 Å². The second kappa shape index (κ2) is 7.17. The van der Waals surface area contributed by atoms with Gasteiger partial charge in [0.1, 0.15) is 17.8 Å². The molecule has 0 atom stereocenters. The van der Waals surface area contributed by atoms with Crippen molar-refractivity contribution in [2.24, 2.45) is 0 Å². The minimum Gasteiger partial charge on any atom is -0.506 e. The van der Waals surface area contributed by atoms with Crippen molar-refractivity contribution in [3.05, 3.63) is 73.8 Å². The molecule has 0 fully saturated rings. The van der Waals surface area contributed by atoms with Gasteiger partial charge in [0.15, 0.2) is 0 Å². The summed E-state index contributed by atoms with van der Waals surface area (Å²) in [6, 6.07) is 3.13. The first-order valence-corrected chi connectivity index (χ1v) is 9.05. The van der Waals surface area contributed by atoms with Gasteiger partial charge < -0.3 is 9.84 Å². The van der Waals surface area contributed by atoms with E-state index in [2.05, 4.69) is 31.9 Å². The number of hydrogen-bond donors (Lipinski definition) is 1. The molecule has 1 aliphatic heterocycles. The van der Waals surface area contributed by atoms with Crippen LogP contribution in [0.15, 0.2) is 68.3 Å². The molecule has 3 rings (SSSR count). The summed E-state index contributed by atoms with van der Waals surface area (Å²) in [6.45, 7) is 0. The van der Waals surface area contributed by atoms with E-state index < -0.39 is 0 Å². The highest BCUT2D eigenvalue weighted by atomic mass is 79.9. The molecule has 0 spiro atoms. The minimum atomic E-state index is -0.253. The molecule has 1 N–H and O–H groups in total. The highest BCUT2D eigenvalue weighted by molar-refractivity contribution is 9.11. The number of phenols is 1. The van der Waals surface area contributed by atoms with E-state index in [-0.39, 0.29) is 11.7 Å². The first-order chi connectivity index (χ1) is 11.5. The Bertz CT molecular complexity index is 804. The van der Waals surface area contributed by atoms with E-state index in [1.54, 1.807) is 18.3 Å². The summed E-state index contributed by atoms with van der Waals surface area (Å²) in [5.41, 5.74) is 1.28. The van der Waals surface area contributed by atoms with Crippen LogP contribution in [0.1, 0.15) is 23.2 Å². The molecule has 1 aliphatic carbocycles. The Labute approximate surface area is 161 Å². The standard InChI is InChI=1S/C17H12Br2ClNO3/c18-12-7-10(8-13(19)16(12)22)17(23)21-5-6-24-15(9-21)11-3-1-2-4-14(11)20/h2,4-9,22H,1,3H2. The summed E-state index contributed by atoms with van der Waals surface area (Å²) in [5, 5.41) is 10.4. The molecule has 7 heteroatoms. The summed E-state index contributed by atoms with van der Waals surface area (Å²) >= 11 is 12.7. The Morgan fingerprint density at radius 1 is 1.29 bits per heavy atom. The molecule has 1 amide bonds. The third kappa shape index (κ3) is 3.45. The van der Waals surface area contributed by atoms with Gasteiger partial charge in [0, 0.05) is 22.4 Å². The number of phenolic OH excluding ortho intramolecular Hbond substituents is 1. The Morgan fingerprint density at radius 2 is 2.00 bits per heavy atom. The number of rotatable bonds is 2. The Balaban J connectivity index is 1.92. The van der Waals surface area contributed by atoms with Gasteiger partial charge in [0.05, 0.1) is 15.1 Å². The molecule has 1 aromatic carbocycles. The molecule has 0 aromatic heterocycles. The van der Waals surface area contributed by atoms with Crippen LogP contribution in [0.5, 0.6) is 5.75 Å². The molecule has 0 unspecified atom stereocenters. The van der Waals surface area contributed by atoms with Crippen LogP contribution in [-0.2, 0) is 4.74 Å². The van der Waals surface area contributed by atoms with Crippen LogP contribution < -0.4 is 0 Å². The first kappa shape index (κ1) is 17.3. The topological polar surface area (TPSA) is 49.8 Å². The summed E-state index contributed by atoms with van der Waals surface area (Å²) in [6.07, 6.45) is 10.1. The lowest BCUT2D eigenvalue weighted by molar-refractivity contribution is 0.0855. The third-order valence-electron chi connectivity index (χ3n) is 3.58. The Morgan fingerprint density at radius 3 is 2.67 bits per heavy atom. The van der Waals surface area contributed by atoms with Crippen molar-refractivity contribution in [1.29, 1.82) is 0 Å². The fourth-order valence-electron chi connectivity index (χ4n) is 2.36. The summed E-state index contributed by atoms with van der Waals surface area (Å²) in [7, 11) is 0. The fraction of sp³-hybridized carbons (Fsp3) is 0.118. The molecule has 0 bridgehead atoms. The lowest BCUT2D eigenvalue weighted by atomic mass is 10.0. The van der Waals surface area contributed by atoms with Gasteiger partial charge in [-0.15, -0.1) is 0 Å². The molecule has 0 saturated carbocycles. The molecule has 1 heterocycles. The maximum atomic E-state index is 12.7. The number of halogens is 3. The average molecular weight is 474 g/mol. The number of carbonyl (C=O) groups is 1. The van der Waals surface area contributed by atoms with E-state index >= 15 is 0 Å². The second-order valence-corrected chi connectivity index (χ2v) is 7.28. The van der Waals surface area contributed by atoms with Crippen molar-refractivity contribution in [2.75, 3.05) is 0 Å². The third-order valence-corrected chi connectivity index (χ3v) is 5.15. The van der Waals surface area contributed by atoms with Crippen LogP contribution in [0.3, 0.4) is 0 Å². The van der Waals surface area contributed by atoms with E-state index in [1.165, 1.54) is 17.4 Å². The number of hydrogen-bond acceptors (Lipinski definition) is 3. The Kier molecular flexibility index (Phi) is 5.18. The maximum absolute atomic E-state index is 12.7. The van der Waals surface area contributed by atoms with E-state index in [0.29, 0.717) is 25.3 Å². The molecule has 4 nitrogen and oxygen atoms in total. The molecule has 2 aliphatic rings. The highest BCUT2D eigenvalue weighted by Crippen LogP contribution is 2.34. The predicted molar refractivity (Wildman–Crippen MR) is 99.2 cm³/mol. The normalized spacial score (nSPS) is 17.0. The van der Waals surface area contributed by atoms with Crippen LogP contribution in [0.4, 0.5) is 0 Å². The lowest BCUT2D eigenvalue weighted by Crippen LogP contribution is -2.23. The summed E-state index contributed by atoms with van der Waals surface area (Å²) in [4.78, 5) is 14.1. The van der Waals surface area contributed by atoms with Crippen molar-refractivity contribution in [3.63, 3.8) is 0 Å². The van der Waals surface area contributed by atoms with Crippen molar-refractivity contribution in [3.8, 4) is 5.75 Å². The fourth-order valence-corrected chi connectivity index (χ4v) is 3.82. The van der Waals surface area contributed by atoms with E-state index in [0.717, 1.165) is 18.4 Å². The molecule has 0 radical (unpaired) electrons. The zero-order chi connectivity index (χ0) is 17.3. The molecule has 124 valence electrons. The first-order valence-electron chi connectivity index (χ1n) is 7.09. The average Bonchev–Trinajstić information content (AvgIpc) is 2.59. The van der Waals surface area contributed by atoms with Crippen LogP contribution in [0.2, 0.25) is 0 Å². The zero-order valence-electron chi connectivity index (χ0n) is 12.3. The summed E-state index contributed by atoms with van der Waals surface area (Å²) < 4.78 is 6.39. The van der Waals surface area contributed by atoms with Crippen LogP contribution >= 0.6 is 43.5 Å². The number of amides is 1. The van der Waals surface area contributed by atoms with Crippen molar-refractivity contribution >= 4 is 49.4 Å². The zero-order valence-corrected chi connectivity index (χ0v) is 16.2. The van der Waals surface area contributed by atoms with Crippen molar-refractivity contribution in [1.82, 2.24) is 4.90 Å². The van der Waals surface area contributed by atoms with Gasteiger partial charge in [-0.05, 0) is 62.9 Å². The number of aromatic hydroxyl groups is 1. The number of carbonyl (C=O) groups excluding carboxylic acids is 1. The van der Waals surface area contributed by atoms with E-state index in [9.17, 15) is 9.90 Å². The smallest absolute Gasteiger partial charge is 0.262 e. The molecular weight excluding hydrogens is 461 g/mol. The van der Waals surface area contributed by atoms with Gasteiger partial charge in [0.2, 0.25) is 0 Å². The molecule has 0 saturated heterocycles.